The van der Waals surface area contributed by atoms with E-state index in [9.17, 15) is 14.9 Å². The van der Waals surface area contributed by atoms with Crippen LogP contribution in [0.4, 0.5) is 5.69 Å². The molecule has 3 aromatic carbocycles. The van der Waals surface area contributed by atoms with Gasteiger partial charge in [0.15, 0.2) is 5.75 Å². The van der Waals surface area contributed by atoms with Crippen molar-refractivity contribution in [2.45, 2.75) is 33.3 Å². The first-order chi connectivity index (χ1) is 18.3. The maximum Gasteiger partial charge on any atom is 0.315 e. The van der Waals surface area contributed by atoms with Crippen LogP contribution in [0.3, 0.4) is 0 Å². The minimum Gasteiger partial charge on any atom is -0.490 e. The van der Waals surface area contributed by atoms with Crippen LogP contribution in [-0.2, 0) is 13.0 Å². The Labute approximate surface area is 232 Å². The molecular formula is C27H24BrClN4O5. The Morgan fingerprint density at radius 3 is 2.66 bits per heavy atom. The van der Waals surface area contributed by atoms with Crippen molar-refractivity contribution in [3.05, 3.63) is 102 Å². The number of halogens is 2. The normalized spacial score (nSPS) is 11.3. The summed E-state index contributed by atoms with van der Waals surface area (Å²) in [6.07, 6.45) is 2.65. The summed E-state index contributed by atoms with van der Waals surface area (Å²) >= 11 is 9.60. The molecule has 0 N–H and O–H groups in total. The molecule has 0 saturated carbocycles. The predicted molar refractivity (Wildman–Crippen MR) is 151 cm³/mol. The third-order valence-corrected chi connectivity index (χ3v) is 6.42. The Balaban J connectivity index is 1.77. The van der Waals surface area contributed by atoms with Gasteiger partial charge >= 0.3 is 5.69 Å². The summed E-state index contributed by atoms with van der Waals surface area (Å²) in [4.78, 5) is 29.3. The van der Waals surface area contributed by atoms with Crippen molar-refractivity contribution in [2.24, 2.45) is 5.10 Å². The number of hydrogen-bond donors (Lipinski definition) is 0. The lowest BCUT2D eigenvalue weighted by Gasteiger charge is -2.14. The van der Waals surface area contributed by atoms with Crippen molar-refractivity contribution in [3.63, 3.8) is 0 Å². The first kappa shape index (κ1) is 27.3. The molecule has 0 aliphatic carbocycles. The average molecular weight is 600 g/mol. The zero-order valence-corrected chi connectivity index (χ0v) is 23.0. The molecule has 196 valence electrons. The smallest absolute Gasteiger partial charge is 0.315 e. The molecular weight excluding hydrogens is 576 g/mol. The molecule has 9 nitrogen and oxygen atoms in total. The molecule has 0 saturated heterocycles. The van der Waals surface area contributed by atoms with Gasteiger partial charge in [-0.3, -0.25) is 14.9 Å². The topological polar surface area (TPSA) is 109 Å². The van der Waals surface area contributed by atoms with Gasteiger partial charge in [0.2, 0.25) is 5.75 Å². The highest BCUT2D eigenvalue weighted by Crippen LogP contribution is 2.39. The van der Waals surface area contributed by atoms with Gasteiger partial charge in [0.1, 0.15) is 12.4 Å². The highest BCUT2D eigenvalue weighted by Gasteiger charge is 2.23. The summed E-state index contributed by atoms with van der Waals surface area (Å²) in [7, 11) is 0. The third-order valence-electron chi connectivity index (χ3n) is 5.56. The minimum absolute atomic E-state index is 0.0160. The molecule has 4 aromatic rings. The van der Waals surface area contributed by atoms with Gasteiger partial charge < -0.3 is 9.47 Å². The van der Waals surface area contributed by atoms with Gasteiger partial charge in [-0.2, -0.15) is 9.78 Å². The van der Waals surface area contributed by atoms with Crippen LogP contribution < -0.4 is 15.0 Å². The second kappa shape index (κ2) is 12.2. The molecule has 0 aliphatic heterocycles. The lowest BCUT2D eigenvalue weighted by Crippen LogP contribution is -2.22. The molecule has 4 rings (SSSR count). The van der Waals surface area contributed by atoms with Gasteiger partial charge in [-0.25, -0.2) is 4.98 Å². The average Bonchev–Trinajstić information content (AvgIpc) is 2.89. The Bertz CT molecular complexity index is 1590. The number of aromatic nitrogens is 2. The van der Waals surface area contributed by atoms with E-state index in [2.05, 4.69) is 26.0 Å². The van der Waals surface area contributed by atoms with E-state index < -0.39 is 4.92 Å². The van der Waals surface area contributed by atoms with Crippen molar-refractivity contribution < 1.29 is 14.4 Å². The number of rotatable bonds is 10. The molecule has 0 unspecified atom stereocenters. The molecule has 0 spiro atoms. The van der Waals surface area contributed by atoms with Crippen LogP contribution in [0.1, 0.15) is 37.2 Å². The number of fused-ring (bicyclic) bond motifs is 1. The molecule has 0 atom stereocenters. The van der Waals surface area contributed by atoms with E-state index in [1.165, 1.54) is 17.0 Å². The lowest BCUT2D eigenvalue weighted by molar-refractivity contribution is -0.386. The van der Waals surface area contributed by atoms with Crippen LogP contribution in [0.2, 0.25) is 5.02 Å². The molecule has 0 amide bonds. The van der Waals surface area contributed by atoms with Crippen LogP contribution in [0.25, 0.3) is 10.9 Å². The van der Waals surface area contributed by atoms with Crippen molar-refractivity contribution in [3.8, 4) is 11.5 Å². The second-order valence-electron chi connectivity index (χ2n) is 8.24. The number of ether oxygens (including phenoxy) is 2. The Morgan fingerprint density at radius 1 is 1.16 bits per heavy atom. The highest BCUT2D eigenvalue weighted by atomic mass is 79.9. The summed E-state index contributed by atoms with van der Waals surface area (Å²) < 4.78 is 13.5. The fourth-order valence-electron chi connectivity index (χ4n) is 3.82. The van der Waals surface area contributed by atoms with Gasteiger partial charge in [0.05, 0.1) is 28.6 Å². The maximum atomic E-state index is 13.3. The Morgan fingerprint density at radius 2 is 1.95 bits per heavy atom. The van der Waals surface area contributed by atoms with E-state index in [1.807, 2.05) is 13.0 Å². The van der Waals surface area contributed by atoms with Gasteiger partial charge in [-0.15, -0.1) is 0 Å². The number of nitro benzene ring substituents is 1. The van der Waals surface area contributed by atoms with Crippen LogP contribution in [0, 0.1) is 10.1 Å². The number of hydrogen-bond acceptors (Lipinski definition) is 7. The zero-order valence-electron chi connectivity index (χ0n) is 20.7. The molecule has 0 fully saturated rings. The van der Waals surface area contributed by atoms with E-state index in [1.54, 1.807) is 49.4 Å². The van der Waals surface area contributed by atoms with E-state index in [-0.39, 0.29) is 36.0 Å². The fraction of sp³-hybridized carbons (Fsp3) is 0.222. The number of nitrogens with zero attached hydrogens (tertiary/aromatic N) is 4. The molecule has 0 bridgehead atoms. The minimum atomic E-state index is -0.550. The van der Waals surface area contributed by atoms with Gasteiger partial charge in [0, 0.05) is 33.1 Å². The summed E-state index contributed by atoms with van der Waals surface area (Å²) in [6, 6.07) is 15.3. The first-order valence-corrected chi connectivity index (χ1v) is 13.1. The summed E-state index contributed by atoms with van der Waals surface area (Å²) in [5, 5.41) is 17.3. The predicted octanol–water partition coefficient (Wildman–Crippen LogP) is 6.53. The van der Waals surface area contributed by atoms with Crippen molar-refractivity contribution in [1.29, 1.82) is 0 Å². The van der Waals surface area contributed by atoms with E-state index >= 15 is 0 Å². The standard InChI is InChI=1S/C27H24BrClN4O5/c1-3-7-25-31-22-11-10-19(28)14-20(22)27(34)32(25)30-15-17-12-23(33(35)36)26(24(13-17)37-4-2)38-16-18-8-5-6-9-21(18)29/h5-6,8-15H,3-4,7,16H2,1-2H3. The quantitative estimate of drug-likeness (QED) is 0.116. The maximum absolute atomic E-state index is 13.3. The van der Waals surface area contributed by atoms with Crippen molar-refractivity contribution in [2.75, 3.05) is 6.61 Å². The van der Waals surface area contributed by atoms with E-state index in [0.29, 0.717) is 39.3 Å². The molecule has 11 heteroatoms. The largest absolute Gasteiger partial charge is 0.490 e. The van der Waals surface area contributed by atoms with Gasteiger partial charge in [-0.1, -0.05) is 52.7 Å². The summed E-state index contributed by atoms with van der Waals surface area (Å²) in [5.41, 5.74) is 0.965. The highest BCUT2D eigenvalue weighted by molar-refractivity contribution is 9.10. The monoisotopic (exact) mass is 598 g/mol. The summed E-state index contributed by atoms with van der Waals surface area (Å²) in [6.45, 7) is 4.01. The first-order valence-electron chi connectivity index (χ1n) is 11.9. The van der Waals surface area contributed by atoms with Crippen molar-refractivity contribution in [1.82, 2.24) is 9.66 Å². The molecule has 38 heavy (non-hydrogen) atoms. The SMILES string of the molecule is CCCc1nc2ccc(Br)cc2c(=O)n1N=Cc1cc(OCC)c(OCc2ccccc2Cl)c([N+](=O)[O-])c1. The fourth-order valence-corrected chi connectivity index (χ4v) is 4.37. The van der Waals surface area contributed by atoms with Crippen molar-refractivity contribution >= 4 is 50.3 Å². The zero-order chi connectivity index (χ0) is 27.2. The number of aryl methyl sites for hydroxylation is 1. The van der Waals surface area contributed by atoms with Crippen LogP contribution in [0.5, 0.6) is 11.5 Å². The third kappa shape index (κ3) is 6.03. The molecule has 1 aromatic heterocycles. The Hall–Kier alpha value is -3.76. The molecule has 1 heterocycles. The number of benzene rings is 3. The number of nitro groups is 1. The van der Waals surface area contributed by atoms with Gasteiger partial charge in [-0.05, 0) is 43.7 Å². The summed E-state index contributed by atoms with van der Waals surface area (Å²) in [5.74, 6) is 0.648. The lowest BCUT2D eigenvalue weighted by atomic mass is 10.1. The van der Waals surface area contributed by atoms with E-state index in [4.69, 9.17) is 21.1 Å². The molecule has 0 radical (unpaired) electrons. The van der Waals surface area contributed by atoms with E-state index in [0.717, 1.165) is 10.9 Å². The van der Waals surface area contributed by atoms with Gasteiger partial charge in [0.25, 0.3) is 5.56 Å². The molecule has 0 aliphatic rings. The van der Waals surface area contributed by atoms with Crippen LogP contribution in [-0.4, -0.2) is 27.4 Å². The van der Waals surface area contributed by atoms with Crippen LogP contribution >= 0.6 is 27.5 Å². The second-order valence-corrected chi connectivity index (χ2v) is 9.56. The Kier molecular flexibility index (Phi) is 8.75. The van der Waals surface area contributed by atoms with Crippen LogP contribution in [0.15, 0.2) is 69.0 Å².